The van der Waals surface area contributed by atoms with Crippen LogP contribution in [0.3, 0.4) is 0 Å². The number of benzene rings is 3. The van der Waals surface area contributed by atoms with Crippen LogP contribution >= 0.6 is 0 Å². The van der Waals surface area contributed by atoms with Crippen LogP contribution in [-0.2, 0) is 26.2 Å². The molecule has 8 nitrogen and oxygen atoms in total. The lowest BCUT2D eigenvalue weighted by Gasteiger charge is -2.35. The number of aryl methyl sites for hydroxylation is 3. The fraction of sp³-hybridized carbons (Fsp3) is 0.394. The lowest BCUT2D eigenvalue weighted by atomic mass is 10.1. The van der Waals surface area contributed by atoms with Gasteiger partial charge in [-0.1, -0.05) is 42.8 Å². The number of hydrogen-bond acceptors (Lipinski definition) is 5. The molecule has 9 heteroatoms. The first kappa shape index (κ1) is 32.7. The van der Waals surface area contributed by atoms with Crippen LogP contribution in [0, 0.1) is 20.8 Å². The zero-order valence-corrected chi connectivity index (χ0v) is 26.7. The molecular formula is C33H43N3O5S. The highest BCUT2D eigenvalue weighted by Gasteiger charge is 2.34. The van der Waals surface area contributed by atoms with Crippen molar-refractivity contribution in [3.63, 3.8) is 0 Å². The van der Waals surface area contributed by atoms with Crippen LogP contribution in [0.15, 0.2) is 71.6 Å². The van der Waals surface area contributed by atoms with E-state index in [2.05, 4.69) is 5.32 Å². The van der Waals surface area contributed by atoms with Gasteiger partial charge >= 0.3 is 0 Å². The molecule has 0 saturated carbocycles. The first-order valence-corrected chi connectivity index (χ1v) is 15.5. The van der Waals surface area contributed by atoms with Crippen LogP contribution in [0.25, 0.3) is 0 Å². The zero-order chi connectivity index (χ0) is 31.2. The van der Waals surface area contributed by atoms with E-state index in [4.69, 9.17) is 4.74 Å². The third-order valence-corrected chi connectivity index (χ3v) is 8.54. The topological polar surface area (TPSA) is 96.0 Å². The molecule has 3 aromatic rings. The monoisotopic (exact) mass is 593 g/mol. The van der Waals surface area contributed by atoms with E-state index in [1.54, 1.807) is 55.6 Å². The molecule has 226 valence electrons. The molecule has 0 heterocycles. The Balaban J connectivity index is 2.11. The Morgan fingerprint density at radius 1 is 0.905 bits per heavy atom. The summed E-state index contributed by atoms with van der Waals surface area (Å²) in [5, 5.41) is 2.99. The molecular weight excluding hydrogens is 550 g/mol. The number of methoxy groups -OCH3 is 1. The second-order valence-electron chi connectivity index (χ2n) is 11.7. The number of rotatable bonds is 11. The van der Waals surface area contributed by atoms with E-state index in [0.717, 1.165) is 26.6 Å². The Kier molecular flexibility index (Phi) is 10.4. The maximum absolute atomic E-state index is 14.3. The summed E-state index contributed by atoms with van der Waals surface area (Å²) < 4.78 is 34.7. The fourth-order valence-electron chi connectivity index (χ4n) is 4.80. The maximum atomic E-state index is 14.3. The molecule has 0 aromatic heterocycles. The van der Waals surface area contributed by atoms with Gasteiger partial charge in [-0.15, -0.1) is 0 Å². The Morgan fingerprint density at radius 3 is 2.07 bits per heavy atom. The van der Waals surface area contributed by atoms with Gasteiger partial charge in [-0.2, -0.15) is 0 Å². The van der Waals surface area contributed by atoms with Crippen LogP contribution in [0.1, 0.15) is 56.4 Å². The van der Waals surface area contributed by atoms with Crippen LogP contribution < -0.4 is 14.4 Å². The van der Waals surface area contributed by atoms with Gasteiger partial charge in [0.1, 0.15) is 18.3 Å². The number of amides is 2. The molecule has 0 aliphatic heterocycles. The highest BCUT2D eigenvalue weighted by molar-refractivity contribution is 7.92. The van der Waals surface area contributed by atoms with Crippen molar-refractivity contribution in [2.24, 2.45) is 0 Å². The molecule has 3 rings (SSSR count). The summed E-state index contributed by atoms with van der Waals surface area (Å²) in [5.74, 6) is -0.185. The molecule has 0 saturated heterocycles. The largest absolute Gasteiger partial charge is 0.497 e. The Bertz CT molecular complexity index is 1490. The average molecular weight is 594 g/mol. The number of anilines is 1. The van der Waals surface area contributed by atoms with Gasteiger partial charge in [-0.05, 0) is 101 Å². The highest BCUT2D eigenvalue weighted by Crippen LogP contribution is 2.27. The maximum Gasteiger partial charge on any atom is 0.264 e. The minimum Gasteiger partial charge on any atom is -0.497 e. The van der Waals surface area contributed by atoms with Crippen LogP contribution in [0.5, 0.6) is 5.75 Å². The first-order valence-electron chi connectivity index (χ1n) is 14.1. The molecule has 0 bridgehead atoms. The van der Waals surface area contributed by atoms with Crippen molar-refractivity contribution in [3.05, 3.63) is 89.0 Å². The minimum absolute atomic E-state index is 0.0805. The van der Waals surface area contributed by atoms with Gasteiger partial charge in [0.15, 0.2) is 0 Å². The van der Waals surface area contributed by atoms with Crippen molar-refractivity contribution >= 4 is 27.5 Å². The SMILES string of the molecule is CC[C@H](C(=O)NC(C)(C)C)N(Cc1cccc(OC)c1)C(=O)CN(c1cc(C)cc(C)c1)S(=O)(=O)c1ccc(C)cc1. The van der Waals surface area contributed by atoms with Gasteiger partial charge < -0.3 is 15.0 Å². The third-order valence-electron chi connectivity index (χ3n) is 6.75. The van der Waals surface area contributed by atoms with Gasteiger partial charge in [0.25, 0.3) is 10.0 Å². The standard InChI is InChI=1S/C33H43N3O5S/c1-9-30(32(38)34-33(5,6)7)35(21-26-11-10-12-28(20-26)41-8)31(37)22-36(27-18-24(3)17-25(4)19-27)42(39,40)29-15-13-23(2)14-16-29/h10-20,30H,9,21-22H2,1-8H3,(H,34,38)/t30-/m1/s1. The second-order valence-corrected chi connectivity index (χ2v) is 13.6. The number of ether oxygens (including phenoxy) is 1. The van der Waals surface area contributed by atoms with Gasteiger partial charge in [-0.25, -0.2) is 8.42 Å². The van der Waals surface area contributed by atoms with Crippen molar-refractivity contribution in [3.8, 4) is 5.75 Å². The summed E-state index contributed by atoms with van der Waals surface area (Å²) in [5.41, 5.74) is 3.27. The third kappa shape index (κ3) is 8.35. The number of sulfonamides is 1. The van der Waals surface area contributed by atoms with Crippen molar-refractivity contribution < 1.29 is 22.7 Å². The number of nitrogens with one attached hydrogen (secondary N) is 1. The van der Waals surface area contributed by atoms with Crippen LogP contribution in [0.4, 0.5) is 5.69 Å². The number of carbonyl (C=O) groups is 2. The van der Waals surface area contributed by atoms with Crippen molar-refractivity contribution in [1.82, 2.24) is 10.2 Å². The van der Waals surface area contributed by atoms with Gasteiger partial charge in [0.2, 0.25) is 11.8 Å². The molecule has 1 atom stereocenters. The normalized spacial score (nSPS) is 12.4. The molecule has 42 heavy (non-hydrogen) atoms. The van der Waals surface area contributed by atoms with Crippen molar-refractivity contribution in [2.75, 3.05) is 18.0 Å². The van der Waals surface area contributed by atoms with E-state index in [1.165, 1.54) is 4.90 Å². The van der Waals surface area contributed by atoms with Crippen LogP contribution in [0.2, 0.25) is 0 Å². The molecule has 2 amide bonds. The molecule has 0 aliphatic rings. The number of hydrogen-bond donors (Lipinski definition) is 1. The predicted octanol–water partition coefficient (Wildman–Crippen LogP) is 5.54. The van der Waals surface area contributed by atoms with E-state index in [-0.39, 0.29) is 17.3 Å². The first-order chi connectivity index (χ1) is 19.6. The zero-order valence-electron chi connectivity index (χ0n) is 25.9. The van der Waals surface area contributed by atoms with E-state index in [0.29, 0.717) is 17.9 Å². The van der Waals surface area contributed by atoms with Crippen LogP contribution in [-0.4, -0.2) is 50.4 Å². The second kappa shape index (κ2) is 13.4. The fourth-order valence-corrected chi connectivity index (χ4v) is 6.20. The summed E-state index contributed by atoms with van der Waals surface area (Å²) in [6, 6.07) is 18.4. The number of carbonyl (C=O) groups excluding carboxylic acids is 2. The van der Waals surface area contributed by atoms with Crippen molar-refractivity contribution in [1.29, 1.82) is 0 Å². The summed E-state index contributed by atoms with van der Waals surface area (Å²) in [6.07, 6.45) is 0.339. The molecule has 3 aromatic carbocycles. The molecule has 0 radical (unpaired) electrons. The summed E-state index contributed by atoms with van der Waals surface area (Å²) in [6.45, 7) is 12.7. The molecule has 1 N–H and O–H groups in total. The Labute approximate surface area is 250 Å². The van der Waals surface area contributed by atoms with E-state index >= 15 is 0 Å². The average Bonchev–Trinajstić information content (AvgIpc) is 2.90. The van der Waals surface area contributed by atoms with Gasteiger partial charge in [0.05, 0.1) is 17.7 Å². The summed E-state index contributed by atoms with van der Waals surface area (Å²) in [4.78, 5) is 29.3. The lowest BCUT2D eigenvalue weighted by Crippen LogP contribution is -2.55. The Hall–Kier alpha value is -3.85. The predicted molar refractivity (Wildman–Crippen MR) is 167 cm³/mol. The Morgan fingerprint density at radius 2 is 1.52 bits per heavy atom. The van der Waals surface area contributed by atoms with Gasteiger partial charge in [-0.3, -0.25) is 13.9 Å². The molecule has 0 spiro atoms. The van der Waals surface area contributed by atoms with E-state index < -0.39 is 34.1 Å². The molecule has 0 fully saturated rings. The minimum atomic E-state index is -4.13. The summed E-state index contributed by atoms with van der Waals surface area (Å²) in [7, 11) is -2.57. The van der Waals surface area contributed by atoms with Crippen molar-refractivity contribution in [2.45, 2.75) is 77.9 Å². The quantitative estimate of drug-likeness (QED) is 0.315. The number of nitrogens with zero attached hydrogens (tertiary/aromatic N) is 2. The van der Waals surface area contributed by atoms with Gasteiger partial charge in [0, 0.05) is 12.1 Å². The highest BCUT2D eigenvalue weighted by atomic mass is 32.2. The van der Waals surface area contributed by atoms with E-state index in [1.807, 2.05) is 66.7 Å². The van der Waals surface area contributed by atoms with E-state index in [9.17, 15) is 18.0 Å². The lowest BCUT2D eigenvalue weighted by molar-refractivity contribution is -0.141. The summed E-state index contributed by atoms with van der Waals surface area (Å²) >= 11 is 0. The smallest absolute Gasteiger partial charge is 0.264 e. The molecule has 0 aliphatic carbocycles. The molecule has 0 unspecified atom stereocenters.